The van der Waals surface area contributed by atoms with Gasteiger partial charge in [0.1, 0.15) is 22.7 Å². The Labute approximate surface area is 185 Å². The molecule has 3 N–H and O–H groups in total. The van der Waals surface area contributed by atoms with Crippen molar-refractivity contribution >= 4 is 15.7 Å². The van der Waals surface area contributed by atoms with Crippen LogP contribution in [-0.4, -0.2) is 47.0 Å². The number of primary amides is 1. The van der Waals surface area contributed by atoms with E-state index in [2.05, 4.69) is 10.1 Å². The molecule has 0 unspecified atom stereocenters. The van der Waals surface area contributed by atoms with Gasteiger partial charge in [0, 0.05) is 12.3 Å². The van der Waals surface area contributed by atoms with E-state index in [4.69, 9.17) is 10.5 Å². The van der Waals surface area contributed by atoms with Crippen molar-refractivity contribution in [3.63, 3.8) is 0 Å². The Kier molecular flexibility index (Phi) is 5.31. The predicted molar refractivity (Wildman–Crippen MR) is 107 cm³/mol. The Morgan fingerprint density at radius 2 is 1.88 bits per heavy atom. The van der Waals surface area contributed by atoms with Crippen molar-refractivity contribution in [1.29, 1.82) is 0 Å². The lowest BCUT2D eigenvalue weighted by molar-refractivity contribution is -0.194. The molecule has 1 amide bonds. The van der Waals surface area contributed by atoms with Gasteiger partial charge in [-0.3, -0.25) is 4.79 Å². The van der Waals surface area contributed by atoms with Crippen molar-refractivity contribution in [3.8, 4) is 17.4 Å². The van der Waals surface area contributed by atoms with Crippen LogP contribution >= 0.6 is 0 Å². The Hall–Kier alpha value is -3.61. The minimum Gasteiger partial charge on any atom is -0.507 e. The lowest BCUT2D eigenvalue weighted by Gasteiger charge is -2.18. The fourth-order valence-corrected chi connectivity index (χ4v) is 4.60. The zero-order chi connectivity index (χ0) is 24.0. The van der Waals surface area contributed by atoms with Gasteiger partial charge in [-0.2, -0.15) is 13.2 Å². The number of pyridine rings is 1. The number of benzene rings is 1. The topological polar surface area (TPSA) is 137 Å². The normalized spacial score (nSPS) is 15.2. The van der Waals surface area contributed by atoms with E-state index in [-0.39, 0.29) is 24.5 Å². The van der Waals surface area contributed by atoms with Crippen LogP contribution < -0.4 is 10.5 Å². The highest BCUT2D eigenvalue weighted by Crippen LogP contribution is 2.57. The molecule has 1 saturated carbocycles. The number of carbonyl (C=O) groups excluding carboxylic acids is 1. The van der Waals surface area contributed by atoms with E-state index in [0.29, 0.717) is 0 Å². The molecule has 1 fully saturated rings. The van der Waals surface area contributed by atoms with Gasteiger partial charge in [-0.25, -0.2) is 18.1 Å². The fraction of sp³-hybridized carbons (Fsp3) is 0.250. The molecule has 174 valence electrons. The molecule has 1 aliphatic carbocycles. The predicted octanol–water partition coefficient (Wildman–Crippen LogP) is 2.63. The first-order valence-corrected chi connectivity index (χ1v) is 11.0. The molecule has 0 spiro atoms. The summed E-state index contributed by atoms with van der Waals surface area (Å²) in [6, 6.07) is 8.78. The SMILES string of the molecule is NC(=O)c1ccc(-n2ccc(OCC3(C(F)(F)F)CC3)n2)nc1S(=O)(=O)c1ccccc1O. The lowest BCUT2D eigenvalue weighted by Crippen LogP contribution is -2.30. The van der Waals surface area contributed by atoms with Crippen molar-refractivity contribution in [2.45, 2.75) is 28.9 Å². The number of rotatable bonds is 7. The van der Waals surface area contributed by atoms with Gasteiger partial charge in [0.05, 0.1) is 5.56 Å². The maximum Gasteiger partial charge on any atom is 0.397 e. The van der Waals surface area contributed by atoms with Crippen molar-refractivity contribution < 1.29 is 36.2 Å². The second kappa shape index (κ2) is 7.76. The number of phenolic OH excluding ortho intramolecular Hbond substituents is 1. The maximum atomic E-state index is 13.1. The van der Waals surface area contributed by atoms with E-state index in [1.165, 1.54) is 30.5 Å². The third-order valence-electron chi connectivity index (χ3n) is 5.27. The highest BCUT2D eigenvalue weighted by Gasteiger charge is 2.64. The molecule has 33 heavy (non-hydrogen) atoms. The van der Waals surface area contributed by atoms with Crippen LogP contribution in [0.3, 0.4) is 0 Å². The largest absolute Gasteiger partial charge is 0.507 e. The zero-order valence-electron chi connectivity index (χ0n) is 16.8. The first kappa shape index (κ1) is 22.6. The number of alkyl halides is 3. The summed E-state index contributed by atoms with van der Waals surface area (Å²) in [5.41, 5.74) is 3.01. The highest BCUT2D eigenvalue weighted by molar-refractivity contribution is 7.91. The van der Waals surface area contributed by atoms with Gasteiger partial charge in [0.2, 0.25) is 15.7 Å². The molecule has 3 aromatic rings. The van der Waals surface area contributed by atoms with Crippen molar-refractivity contribution in [1.82, 2.24) is 14.8 Å². The van der Waals surface area contributed by atoms with Crippen LogP contribution in [0, 0.1) is 5.41 Å². The fourth-order valence-electron chi connectivity index (χ4n) is 3.12. The molecule has 0 radical (unpaired) electrons. The van der Waals surface area contributed by atoms with Crippen molar-refractivity contribution in [2.75, 3.05) is 6.61 Å². The number of aromatic nitrogens is 3. The molecule has 2 heterocycles. The molecule has 0 aliphatic heterocycles. The van der Waals surface area contributed by atoms with Crippen LogP contribution in [0.5, 0.6) is 11.6 Å². The smallest absolute Gasteiger partial charge is 0.397 e. The number of phenols is 1. The summed E-state index contributed by atoms with van der Waals surface area (Å²) in [6.07, 6.45) is -3.12. The lowest BCUT2D eigenvalue weighted by atomic mass is 10.1. The third-order valence-corrected chi connectivity index (χ3v) is 7.02. The average molecular weight is 482 g/mol. The number of carbonyl (C=O) groups is 1. The monoisotopic (exact) mass is 482 g/mol. The standard InChI is InChI=1S/C20H17F3N4O5S/c21-20(22,23)19(8-9-19)11-32-16-7-10-27(26-16)15-6-5-12(17(24)29)18(25-15)33(30,31)14-4-2-1-3-13(14)28/h1-7,10,28H,8-9,11H2,(H2,24,29). The summed E-state index contributed by atoms with van der Waals surface area (Å²) in [5, 5.41) is 13.3. The van der Waals surface area contributed by atoms with Gasteiger partial charge in [-0.05, 0) is 37.1 Å². The van der Waals surface area contributed by atoms with Gasteiger partial charge in [-0.1, -0.05) is 12.1 Å². The molecule has 1 aromatic carbocycles. The molecule has 1 aliphatic rings. The van der Waals surface area contributed by atoms with Crippen LogP contribution in [0.1, 0.15) is 23.2 Å². The van der Waals surface area contributed by atoms with Crippen molar-refractivity contribution in [2.24, 2.45) is 11.1 Å². The first-order chi connectivity index (χ1) is 15.4. The summed E-state index contributed by atoms with van der Waals surface area (Å²) >= 11 is 0. The van der Waals surface area contributed by atoms with Gasteiger partial charge < -0.3 is 15.6 Å². The van der Waals surface area contributed by atoms with Gasteiger partial charge in [0.25, 0.3) is 5.91 Å². The molecule has 9 nitrogen and oxygen atoms in total. The second-order valence-electron chi connectivity index (χ2n) is 7.52. The molecule has 0 saturated heterocycles. The van der Waals surface area contributed by atoms with E-state index in [1.807, 2.05) is 0 Å². The number of hydrogen-bond acceptors (Lipinski definition) is 7. The Balaban J connectivity index is 1.67. The Morgan fingerprint density at radius 3 is 2.48 bits per heavy atom. The van der Waals surface area contributed by atoms with Crippen LogP contribution in [0.4, 0.5) is 13.2 Å². The molecular weight excluding hydrogens is 465 g/mol. The molecule has 4 rings (SSSR count). The number of nitrogens with zero attached hydrogens (tertiary/aromatic N) is 3. The summed E-state index contributed by atoms with van der Waals surface area (Å²) in [5.74, 6) is -1.79. The van der Waals surface area contributed by atoms with E-state index in [1.54, 1.807) is 0 Å². The highest BCUT2D eigenvalue weighted by atomic mass is 32.2. The molecule has 13 heteroatoms. The number of para-hydroxylation sites is 1. The Morgan fingerprint density at radius 1 is 1.18 bits per heavy atom. The second-order valence-corrected chi connectivity index (χ2v) is 9.36. The zero-order valence-corrected chi connectivity index (χ0v) is 17.6. The minimum atomic E-state index is -4.47. The molecule has 2 aromatic heterocycles. The average Bonchev–Trinajstić information content (AvgIpc) is 3.42. The van der Waals surface area contributed by atoms with Crippen LogP contribution in [0.25, 0.3) is 5.82 Å². The third kappa shape index (κ3) is 4.11. The van der Waals surface area contributed by atoms with Gasteiger partial charge in [-0.15, -0.1) is 5.10 Å². The number of nitrogens with two attached hydrogens (primary N) is 1. The maximum absolute atomic E-state index is 13.1. The number of sulfone groups is 1. The quantitative estimate of drug-likeness (QED) is 0.528. The van der Waals surface area contributed by atoms with E-state index in [9.17, 15) is 31.5 Å². The van der Waals surface area contributed by atoms with Gasteiger partial charge in [0.15, 0.2) is 10.8 Å². The summed E-state index contributed by atoms with van der Waals surface area (Å²) < 4.78 is 71.7. The minimum absolute atomic E-state index is 0.0269. The van der Waals surface area contributed by atoms with E-state index < -0.39 is 55.2 Å². The summed E-state index contributed by atoms with van der Waals surface area (Å²) in [6.45, 7) is -0.589. The Bertz CT molecular complexity index is 1330. The summed E-state index contributed by atoms with van der Waals surface area (Å²) in [4.78, 5) is 15.3. The number of halogens is 3. The number of aromatic hydroxyl groups is 1. The van der Waals surface area contributed by atoms with E-state index >= 15 is 0 Å². The molecule has 0 bridgehead atoms. The molecular formula is C20H17F3N4O5S. The van der Waals surface area contributed by atoms with E-state index in [0.717, 1.165) is 22.9 Å². The van der Waals surface area contributed by atoms with Crippen LogP contribution in [0.2, 0.25) is 0 Å². The molecule has 0 atom stereocenters. The summed E-state index contributed by atoms with van der Waals surface area (Å²) in [7, 11) is -4.47. The first-order valence-electron chi connectivity index (χ1n) is 9.54. The number of hydrogen-bond donors (Lipinski definition) is 2. The number of ether oxygens (including phenoxy) is 1. The van der Waals surface area contributed by atoms with Crippen LogP contribution in [0.15, 0.2) is 58.6 Å². The van der Waals surface area contributed by atoms with Crippen LogP contribution in [-0.2, 0) is 9.84 Å². The number of amides is 1. The van der Waals surface area contributed by atoms with Gasteiger partial charge >= 0.3 is 6.18 Å². The van der Waals surface area contributed by atoms with Crippen molar-refractivity contribution in [3.05, 3.63) is 54.2 Å².